The minimum absolute atomic E-state index is 0.105. The van der Waals surface area contributed by atoms with Crippen LogP contribution in [0.4, 0.5) is 0 Å². The highest BCUT2D eigenvalue weighted by Gasteiger charge is 2.39. The van der Waals surface area contributed by atoms with E-state index in [9.17, 15) is 14.7 Å². The van der Waals surface area contributed by atoms with E-state index in [1.807, 2.05) is 0 Å². The number of aliphatic hydroxyl groups excluding tert-OH is 1. The largest absolute Gasteiger partial charge is 0.493 e. The average Bonchev–Trinajstić information content (AvgIpc) is 2.41. The van der Waals surface area contributed by atoms with Gasteiger partial charge in [0.1, 0.15) is 12.6 Å². The van der Waals surface area contributed by atoms with Crippen LogP contribution in [-0.2, 0) is 4.79 Å². The van der Waals surface area contributed by atoms with Gasteiger partial charge in [0.25, 0.3) is 0 Å². The van der Waals surface area contributed by atoms with E-state index in [1.54, 1.807) is 0 Å². The van der Waals surface area contributed by atoms with Crippen LogP contribution in [-0.4, -0.2) is 48.5 Å². The summed E-state index contributed by atoms with van der Waals surface area (Å²) in [6.45, 7) is 0. The molecule has 1 amide bonds. The van der Waals surface area contributed by atoms with Gasteiger partial charge in [-0.15, -0.1) is 4.58 Å². The molecule has 0 aliphatic carbocycles. The summed E-state index contributed by atoms with van der Waals surface area (Å²) in [6, 6.07) is 2.85. The Morgan fingerprint density at radius 3 is 2.06 bits per heavy atom. The highest BCUT2D eigenvalue weighted by Crippen LogP contribution is 2.32. The van der Waals surface area contributed by atoms with E-state index in [0.29, 0.717) is 11.5 Å². The standard InChI is InChI=1S/C12H11NO5/c1-13-11(15)7-5-9(18-3)8(17-2)4-6(7)10(14)12(13)16/h4-5H,1-3H3/p+1. The van der Waals surface area contributed by atoms with E-state index in [4.69, 9.17) is 9.47 Å². The number of fused-ring (bicyclic) bond motifs is 1. The average molecular weight is 250 g/mol. The van der Waals surface area contributed by atoms with Crippen LogP contribution in [0.2, 0.25) is 0 Å². The van der Waals surface area contributed by atoms with Crippen LogP contribution in [0.15, 0.2) is 12.1 Å². The number of nitrogens with zero attached hydrogens (tertiary/aromatic N) is 1. The molecule has 0 fully saturated rings. The summed E-state index contributed by atoms with van der Waals surface area (Å²) in [7, 11) is 4.20. The van der Waals surface area contributed by atoms with Crippen molar-refractivity contribution in [2.45, 2.75) is 0 Å². The van der Waals surface area contributed by atoms with E-state index in [-0.39, 0.29) is 17.0 Å². The Labute approximate surface area is 103 Å². The molecule has 94 valence electrons. The van der Waals surface area contributed by atoms with Crippen LogP contribution in [0.5, 0.6) is 11.5 Å². The molecule has 0 saturated carbocycles. The summed E-state index contributed by atoms with van der Waals surface area (Å²) in [6.07, 6.45) is 0. The van der Waals surface area contributed by atoms with Gasteiger partial charge < -0.3 is 14.6 Å². The first-order valence-electron chi connectivity index (χ1n) is 5.16. The summed E-state index contributed by atoms with van der Waals surface area (Å²) in [5.41, 5.74) is 0.355. The maximum Gasteiger partial charge on any atom is 0.463 e. The lowest BCUT2D eigenvalue weighted by atomic mass is 9.98. The second-order valence-corrected chi connectivity index (χ2v) is 3.77. The molecule has 1 aromatic carbocycles. The van der Waals surface area contributed by atoms with Gasteiger partial charge in [-0.2, -0.15) is 0 Å². The molecule has 0 atom stereocenters. The molecule has 1 aliphatic rings. The van der Waals surface area contributed by atoms with Gasteiger partial charge in [-0.3, -0.25) is 4.79 Å². The van der Waals surface area contributed by atoms with E-state index < -0.39 is 11.7 Å². The number of rotatable bonds is 2. The van der Waals surface area contributed by atoms with Crippen molar-refractivity contribution in [3.8, 4) is 11.5 Å². The number of aliphatic hydroxyl groups is 1. The first kappa shape index (κ1) is 12.1. The molecular weight excluding hydrogens is 238 g/mol. The molecule has 1 N–H and O–H groups in total. The number of carbonyl (C=O) groups excluding carboxylic acids is 2. The van der Waals surface area contributed by atoms with Crippen molar-refractivity contribution in [1.82, 2.24) is 0 Å². The number of likely N-dealkylation sites (N-methyl/N-ethyl adjacent to an activating group) is 1. The van der Waals surface area contributed by atoms with E-state index in [1.165, 1.54) is 33.4 Å². The quantitative estimate of drug-likeness (QED) is 0.606. The third-order valence-corrected chi connectivity index (χ3v) is 2.83. The molecule has 2 rings (SSSR count). The molecule has 6 heteroatoms. The van der Waals surface area contributed by atoms with Gasteiger partial charge in [-0.1, -0.05) is 0 Å². The third kappa shape index (κ3) is 1.54. The van der Waals surface area contributed by atoms with E-state index >= 15 is 0 Å². The number of ether oxygens (including phenoxy) is 2. The lowest BCUT2D eigenvalue weighted by molar-refractivity contribution is -0.420. The Morgan fingerprint density at radius 2 is 1.56 bits per heavy atom. The lowest BCUT2D eigenvalue weighted by Gasteiger charge is -2.13. The van der Waals surface area contributed by atoms with Crippen LogP contribution in [0, 0.1) is 0 Å². The molecule has 1 heterocycles. The number of amides is 1. The molecule has 18 heavy (non-hydrogen) atoms. The van der Waals surface area contributed by atoms with Crippen LogP contribution >= 0.6 is 0 Å². The van der Waals surface area contributed by atoms with Gasteiger partial charge in [0.15, 0.2) is 11.5 Å². The molecule has 6 nitrogen and oxygen atoms in total. The lowest BCUT2D eigenvalue weighted by Crippen LogP contribution is -2.37. The topological polar surface area (TPSA) is 75.8 Å². The van der Waals surface area contributed by atoms with Crippen molar-refractivity contribution >= 4 is 17.6 Å². The third-order valence-electron chi connectivity index (χ3n) is 2.83. The second-order valence-electron chi connectivity index (χ2n) is 3.77. The Bertz CT molecular complexity index is 588. The van der Waals surface area contributed by atoms with Gasteiger partial charge >= 0.3 is 17.6 Å². The van der Waals surface area contributed by atoms with Gasteiger partial charge in [0.05, 0.1) is 19.8 Å². The minimum atomic E-state index is -0.785. The fraction of sp³-hybridized carbons (Fsp3) is 0.250. The van der Waals surface area contributed by atoms with Crippen LogP contribution in [0.3, 0.4) is 0 Å². The van der Waals surface area contributed by atoms with Crippen molar-refractivity contribution in [2.24, 2.45) is 0 Å². The first-order valence-corrected chi connectivity index (χ1v) is 5.16. The Balaban J connectivity index is 2.76. The molecule has 0 unspecified atom stereocenters. The number of carbonyl (C=O) groups is 2. The van der Waals surface area contributed by atoms with Crippen molar-refractivity contribution < 1.29 is 28.7 Å². The molecule has 1 aliphatic heterocycles. The zero-order chi connectivity index (χ0) is 13.4. The summed E-state index contributed by atoms with van der Waals surface area (Å²) in [5.74, 6) is -1.05. The summed E-state index contributed by atoms with van der Waals surface area (Å²) < 4.78 is 11.0. The van der Waals surface area contributed by atoms with Crippen molar-refractivity contribution in [2.75, 3.05) is 21.3 Å². The van der Waals surface area contributed by atoms with Crippen molar-refractivity contribution in [1.29, 1.82) is 0 Å². The summed E-state index contributed by atoms with van der Waals surface area (Å²) in [5, 5.41) is 9.87. The molecule has 0 aromatic heterocycles. The minimum Gasteiger partial charge on any atom is -0.493 e. The zero-order valence-corrected chi connectivity index (χ0v) is 10.2. The molecular formula is C12H12NO5+. The maximum absolute atomic E-state index is 11.8. The fourth-order valence-corrected chi connectivity index (χ4v) is 1.80. The normalized spacial score (nSPS) is 14.6. The van der Waals surface area contributed by atoms with Gasteiger partial charge in [-0.05, 0) is 6.07 Å². The Hall–Kier alpha value is -2.37. The van der Waals surface area contributed by atoms with Crippen molar-refractivity contribution in [3.63, 3.8) is 0 Å². The number of methoxy groups -OCH3 is 2. The summed E-state index contributed by atoms with van der Waals surface area (Å²) in [4.78, 5) is 23.4. The second kappa shape index (κ2) is 4.14. The van der Waals surface area contributed by atoms with Crippen LogP contribution in [0.25, 0.3) is 0 Å². The predicted molar refractivity (Wildman–Crippen MR) is 61.8 cm³/mol. The highest BCUT2D eigenvalue weighted by molar-refractivity contribution is 6.43. The van der Waals surface area contributed by atoms with E-state index in [0.717, 1.165) is 4.58 Å². The van der Waals surface area contributed by atoms with Gasteiger partial charge in [-0.25, -0.2) is 4.79 Å². The van der Waals surface area contributed by atoms with Gasteiger partial charge in [0, 0.05) is 6.07 Å². The first-order chi connectivity index (χ1) is 8.51. The maximum atomic E-state index is 11.8. The highest BCUT2D eigenvalue weighted by atomic mass is 16.5. The monoisotopic (exact) mass is 250 g/mol. The molecule has 0 saturated heterocycles. The predicted octanol–water partition coefficient (Wildman–Crippen LogP) is 0.374. The Kier molecular flexibility index (Phi) is 2.78. The Morgan fingerprint density at radius 1 is 1.06 bits per heavy atom. The van der Waals surface area contributed by atoms with Gasteiger partial charge in [0.2, 0.25) is 0 Å². The van der Waals surface area contributed by atoms with Crippen LogP contribution < -0.4 is 9.47 Å². The number of ketones is 1. The zero-order valence-electron chi connectivity index (χ0n) is 10.2. The molecule has 0 radical (unpaired) electrons. The smallest absolute Gasteiger partial charge is 0.463 e. The van der Waals surface area contributed by atoms with Crippen LogP contribution in [0.1, 0.15) is 15.9 Å². The number of Topliss-reactive ketones (excluding diaryl/α,β-unsaturated/α-hetero) is 1. The fourth-order valence-electron chi connectivity index (χ4n) is 1.80. The van der Waals surface area contributed by atoms with Crippen molar-refractivity contribution in [3.05, 3.63) is 23.3 Å². The number of benzene rings is 1. The molecule has 0 spiro atoms. The molecule has 0 bridgehead atoms. The number of hydrogen-bond acceptors (Lipinski definition) is 4. The molecule has 1 aromatic rings. The number of hydrogen-bond donors (Lipinski definition) is 1. The summed E-state index contributed by atoms with van der Waals surface area (Å²) >= 11 is 0. The van der Waals surface area contributed by atoms with E-state index in [2.05, 4.69) is 0 Å². The SMILES string of the molecule is COc1cc2c(cc1OC)C(O)=[N+](C)C(=O)C2=O.